The molecule has 0 amide bonds. The molecule has 0 aliphatic heterocycles. The average Bonchev–Trinajstić information content (AvgIpc) is 2.07. The number of aliphatic carboxylic acids is 1. The molecule has 0 saturated heterocycles. The molecule has 0 heterocycles. The van der Waals surface area contributed by atoms with Gasteiger partial charge in [-0.15, -0.1) is 0 Å². The zero-order chi connectivity index (χ0) is 10.8. The molecular weight excluding hydrogens is 176 g/mol. The van der Waals surface area contributed by atoms with Gasteiger partial charge < -0.3 is 5.11 Å². The zero-order valence-electron chi connectivity index (χ0n) is 9.08. The van der Waals surface area contributed by atoms with Gasteiger partial charge in [0.2, 0.25) is 0 Å². The molecule has 1 rings (SSSR count). The molecule has 0 spiro atoms. The summed E-state index contributed by atoms with van der Waals surface area (Å²) in [6, 6.07) is 0. The molecule has 0 fully saturated rings. The summed E-state index contributed by atoms with van der Waals surface area (Å²) in [7, 11) is 0. The summed E-state index contributed by atoms with van der Waals surface area (Å²) in [6.07, 6.45) is 7.18. The predicted octanol–water partition coefficient (Wildman–Crippen LogP) is 3.01. The summed E-state index contributed by atoms with van der Waals surface area (Å²) < 4.78 is 0. The van der Waals surface area contributed by atoms with Crippen molar-refractivity contribution >= 4 is 5.97 Å². The highest BCUT2D eigenvalue weighted by Crippen LogP contribution is 2.38. The maximum Gasteiger partial charge on any atom is 0.303 e. The Labute approximate surface area is 85.3 Å². The Balaban J connectivity index is 2.66. The van der Waals surface area contributed by atoms with Gasteiger partial charge in [-0.2, -0.15) is 0 Å². The van der Waals surface area contributed by atoms with Crippen LogP contribution < -0.4 is 0 Å². The molecule has 0 bridgehead atoms. The third-order valence-electron chi connectivity index (χ3n) is 3.14. The van der Waals surface area contributed by atoms with Gasteiger partial charge in [-0.05, 0) is 17.8 Å². The number of allylic oxidation sites excluding steroid dienone is 4. The number of rotatable bonds is 3. The highest BCUT2D eigenvalue weighted by atomic mass is 16.4. The molecule has 2 nitrogen and oxygen atoms in total. The van der Waals surface area contributed by atoms with Crippen molar-refractivity contribution in [2.24, 2.45) is 11.3 Å². The molecule has 0 aromatic rings. The first kappa shape index (κ1) is 11.0. The van der Waals surface area contributed by atoms with Gasteiger partial charge in [0.25, 0.3) is 0 Å². The van der Waals surface area contributed by atoms with E-state index in [2.05, 4.69) is 32.9 Å². The molecule has 1 atom stereocenters. The minimum atomic E-state index is -0.717. The van der Waals surface area contributed by atoms with Crippen molar-refractivity contribution in [3.05, 3.63) is 23.8 Å². The number of carboxylic acid groups (broad SMARTS) is 1. The molecule has 1 aliphatic rings. The lowest BCUT2D eigenvalue weighted by Crippen LogP contribution is -2.23. The average molecular weight is 194 g/mol. The first-order valence-corrected chi connectivity index (χ1v) is 5.03. The first-order valence-electron chi connectivity index (χ1n) is 5.03. The standard InChI is InChI=1S/C12H18O2/c1-9-10(6-7-11(13)14)5-4-8-12(9,2)3/h4-5,8-9H,6-7H2,1-3H3,(H,13,14). The van der Waals surface area contributed by atoms with E-state index >= 15 is 0 Å². The molecule has 0 radical (unpaired) electrons. The van der Waals surface area contributed by atoms with E-state index in [-0.39, 0.29) is 11.8 Å². The van der Waals surface area contributed by atoms with E-state index in [4.69, 9.17) is 5.11 Å². The fraction of sp³-hybridized carbons (Fsp3) is 0.583. The number of carboxylic acids is 1. The Morgan fingerprint density at radius 2 is 2.21 bits per heavy atom. The summed E-state index contributed by atoms with van der Waals surface area (Å²) in [4.78, 5) is 10.5. The summed E-state index contributed by atoms with van der Waals surface area (Å²) >= 11 is 0. The van der Waals surface area contributed by atoms with Gasteiger partial charge in [0.05, 0.1) is 0 Å². The number of carbonyl (C=O) groups is 1. The van der Waals surface area contributed by atoms with Gasteiger partial charge in [0.15, 0.2) is 0 Å². The lowest BCUT2D eigenvalue weighted by molar-refractivity contribution is -0.137. The molecular formula is C12H18O2. The summed E-state index contributed by atoms with van der Waals surface area (Å²) in [5, 5.41) is 8.62. The molecule has 2 heteroatoms. The number of hydrogen-bond donors (Lipinski definition) is 1. The first-order chi connectivity index (χ1) is 6.43. The van der Waals surface area contributed by atoms with Gasteiger partial charge in [-0.3, -0.25) is 4.79 Å². The molecule has 0 aromatic carbocycles. The van der Waals surface area contributed by atoms with Crippen molar-refractivity contribution in [2.45, 2.75) is 33.6 Å². The monoisotopic (exact) mass is 194 g/mol. The maximum absolute atomic E-state index is 10.5. The highest BCUT2D eigenvalue weighted by Gasteiger charge is 2.27. The molecule has 0 aromatic heterocycles. The second-order valence-corrected chi connectivity index (χ2v) is 4.54. The van der Waals surface area contributed by atoms with Crippen LogP contribution in [0.2, 0.25) is 0 Å². The maximum atomic E-state index is 10.5. The third-order valence-corrected chi connectivity index (χ3v) is 3.14. The summed E-state index contributed by atoms with van der Waals surface area (Å²) in [5.41, 5.74) is 1.41. The second-order valence-electron chi connectivity index (χ2n) is 4.54. The van der Waals surface area contributed by atoms with Crippen LogP contribution in [0.3, 0.4) is 0 Å². The molecule has 1 N–H and O–H groups in total. The smallest absolute Gasteiger partial charge is 0.303 e. The van der Waals surface area contributed by atoms with Crippen LogP contribution in [-0.4, -0.2) is 11.1 Å². The van der Waals surface area contributed by atoms with Crippen molar-refractivity contribution in [3.63, 3.8) is 0 Å². The summed E-state index contributed by atoms with van der Waals surface area (Å²) in [5.74, 6) is -0.280. The molecule has 1 unspecified atom stereocenters. The second kappa shape index (κ2) is 3.99. The van der Waals surface area contributed by atoms with Crippen LogP contribution in [0.15, 0.2) is 23.8 Å². The van der Waals surface area contributed by atoms with Gasteiger partial charge in [-0.1, -0.05) is 44.6 Å². The van der Waals surface area contributed by atoms with E-state index in [1.807, 2.05) is 6.08 Å². The lowest BCUT2D eigenvalue weighted by Gasteiger charge is -2.33. The van der Waals surface area contributed by atoms with E-state index in [0.29, 0.717) is 12.3 Å². The predicted molar refractivity (Wildman–Crippen MR) is 57.0 cm³/mol. The summed E-state index contributed by atoms with van der Waals surface area (Å²) in [6.45, 7) is 6.53. The Morgan fingerprint density at radius 3 is 2.79 bits per heavy atom. The van der Waals surface area contributed by atoms with E-state index in [1.165, 1.54) is 5.57 Å². The van der Waals surface area contributed by atoms with Crippen molar-refractivity contribution < 1.29 is 9.90 Å². The van der Waals surface area contributed by atoms with Gasteiger partial charge in [0.1, 0.15) is 0 Å². The van der Waals surface area contributed by atoms with Crippen LogP contribution in [-0.2, 0) is 4.79 Å². The van der Waals surface area contributed by atoms with Crippen molar-refractivity contribution in [1.29, 1.82) is 0 Å². The van der Waals surface area contributed by atoms with Crippen molar-refractivity contribution in [1.82, 2.24) is 0 Å². The van der Waals surface area contributed by atoms with E-state index in [9.17, 15) is 4.79 Å². The lowest BCUT2D eigenvalue weighted by atomic mass is 9.72. The van der Waals surface area contributed by atoms with Gasteiger partial charge in [0, 0.05) is 6.42 Å². The molecule has 1 aliphatic carbocycles. The largest absolute Gasteiger partial charge is 0.481 e. The van der Waals surface area contributed by atoms with E-state index < -0.39 is 5.97 Å². The Kier molecular flexibility index (Phi) is 3.14. The van der Waals surface area contributed by atoms with Crippen LogP contribution in [0.5, 0.6) is 0 Å². The normalized spacial score (nSPS) is 24.5. The molecule has 0 saturated carbocycles. The quantitative estimate of drug-likeness (QED) is 0.749. The zero-order valence-corrected chi connectivity index (χ0v) is 9.08. The van der Waals surface area contributed by atoms with Crippen LogP contribution >= 0.6 is 0 Å². The fourth-order valence-electron chi connectivity index (χ4n) is 1.74. The third kappa shape index (κ3) is 2.47. The van der Waals surface area contributed by atoms with Gasteiger partial charge in [-0.25, -0.2) is 0 Å². The van der Waals surface area contributed by atoms with Crippen LogP contribution in [0.4, 0.5) is 0 Å². The highest BCUT2D eigenvalue weighted by molar-refractivity contribution is 5.67. The van der Waals surface area contributed by atoms with Gasteiger partial charge >= 0.3 is 5.97 Å². The molecule has 78 valence electrons. The number of hydrogen-bond acceptors (Lipinski definition) is 1. The van der Waals surface area contributed by atoms with E-state index in [1.54, 1.807) is 0 Å². The van der Waals surface area contributed by atoms with Crippen LogP contribution in [0.25, 0.3) is 0 Å². The van der Waals surface area contributed by atoms with Crippen LogP contribution in [0, 0.1) is 11.3 Å². The van der Waals surface area contributed by atoms with Crippen LogP contribution in [0.1, 0.15) is 33.6 Å². The Morgan fingerprint density at radius 1 is 1.57 bits per heavy atom. The SMILES string of the molecule is CC1C(CCC(=O)O)=CC=CC1(C)C. The fourth-order valence-corrected chi connectivity index (χ4v) is 1.74. The molecule has 14 heavy (non-hydrogen) atoms. The minimum Gasteiger partial charge on any atom is -0.481 e. The Hall–Kier alpha value is -1.05. The minimum absolute atomic E-state index is 0.155. The Bertz CT molecular complexity index is 285. The van der Waals surface area contributed by atoms with Crippen molar-refractivity contribution in [2.75, 3.05) is 0 Å². The van der Waals surface area contributed by atoms with E-state index in [0.717, 1.165) is 0 Å². The van der Waals surface area contributed by atoms with Crippen molar-refractivity contribution in [3.8, 4) is 0 Å². The topological polar surface area (TPSA) is 37.3 Å².